The van der Waals surface area contributed by atoms with Crippen LogP contribution in [-0.4, -0.2) is 16.1 Å². The first kappa shape index (κ1) is 12.5. The maximum atomic E-state index is 11.8. The zero-order valence-electron chi connectivity index (χ0n) is 9.85. The summed E-state index contributed by atoms with van der Waals surface area (Å²) in [6.07, 6.45) is 0.316. The summed E-state index contributed by atoms with van der Waals surface area (Å²) in [6, 6.07) is 11.0. The number of nitrogens with zero attached hydrogens (tertiary/aromatic N) is 2. The lowest BCUT2D eigenvalue weighted by Gasteiger charge is -2.06. The molecular formula is C13H12ClN3O. The van der Waals surface area contributed by atoms with Crippen LogP contribution >= 0.6 is 11.6 Å². The number of rotatable bonds is 3. The molecule has 0 spiro atoms. The van der Waals surface area contributed by atoms with Crippen LogP contribution in [0.15, 0.2) is 36.4 Å². The minimum Gasteiger partial charge on any atom is -0.309 e. The van der Waals surface area contributed by atoms with E-state index in [1.54, 1.807) is 12.1 Å². The molecule has 1 aromatic heterocycles. The molecule has 0 unspecified atom stereocenters. The molecule has 0 aliphatic carbocycles. The number of nitrogens with one attached hydrogen (secondary N) is 1. The Morgan fingerprint density at radius 2 is 2.00 bits per heavy atom. The fourth-order valence-corrected chi connectivity index (χ4v) is 1.65. The van der Waals surface area contributed by atoms with Crippen molar-refractivity contribution in [2.24, 2.45) is 0 Å². The van der Waals surface area contributed by atoms with Crippen molar-refractivity contribution < 1.29 is 4.79 Å². The molecular weight excluding hydrogens is 250 g/mol. The number of benzene rings is 1. The van der Waals surface area contributed by atoms with Gasteiger partial charge in [-0.1, -0.05) is 35.9 Å². The van der Waals surface area contributed by atoms with Crippen molar-refractivity contribution in [1.29, 1.82) is 0 Å². The summed E-state index contributed by atoms with van der Waals surface area (Å²) in [5.41, 5.74) is 2.09. The summed E-state index contributed by atoms with van der Waals surface area (Å²) in [5.74, 6) is 0.277. The zero-order valence-corrected chi connectivity index (χ0v) is 10.6. The van der Waals surface area contributed by atoms with Crippen molar-refractivity contribution in [3.63, 3.8) is 0 Å². The van der Waals surface area contributed by atoms with Crippen LogP contribution < -0.4 is 5.32 Å². The molecule has 1 amide bonds. The van der Waals surface area contributed by atoms with Gasteiger partial charge in [0.05, 0.1) is 6.42 Å². The largest absolute Gasteiger partial charge is 0.309 e. The molecule has 18 heavy (non-hydrogen) atoms. The minimum atomic E-state index is -0.124. The van der Waals surface area contributed by atoms with Crippen LogP contribution in [0.1, 0.15) is 11.1 Å². The quantitative estimate of drug-likeness (QED) is 0.924. The van der Waals surface area contributed by atoms with Gasteiger partial charge < -0.3 is 5.32 Å². The van der Waals surface area contributed by atoms with Gasteiger partial charge in [-0.25, -0.2) is 0 Å². The topological polar surface area (TPSA) is 54.9 Å². The fraction of sp³-hybridized carbons (Fsp3) is 0.154. The predicted octanol–water partition coefficient (Wildman–Crippen LogP) is 2.62. The van der Waals surface area contributed by atoms with Gasteiger partial charge in [-0.3, -0.25) is 4.79 Å². The van der Waals surface area contributed by atoms with Crippen molar-refractivity contribution in [3.8, 4) is 0 Å². The van der Waals surface area contributed by atoms with Gasteiger partial charge in [0.25, 0.3) is 0 Å². The Morgan fingerprint density at radius 1 is 1.22 bits per heavy atom. The Kier molecular flexibility index (Phi) is 3.89. The van der Waals surface area contributed by atoms with Gasteiger partial charge >= 0.3 is 0 Å². The Morgan fingerprint density at radius 3 is 2.67 bits per heavy atom. The molecule has 0 saturated carbocycles. The van der Waals surface area contributed by atoms with E-state index in [0.29, 0.717) is 17.4 Å². The molecule has 4 nitrogen and oxygen atoms in total. The van der Waals surface area contributed by atoms with Crippen molar-refractivity contribution in [1.82, 2.24) is 10.2 Å². The third kappa shape index (κ3) is 3.28. The second-order valence-electron chi connectivity index (χ2n) is 3.89. The van der Waals surface area contributed by atoms with E-state index in [4.69, 9.17) is 11.6 Å². The van der Waals surface area contributed by atoms with Crippen molar-refractivity contribution in [3.05, 3.63) is 52.7 Å². The van der Waals surface area contributed by atoms with E-state index in [9.17, 15) is 4.79 Å². The number of aromatic nitrogens is 2. The summed E-state index contributed by atoms with van der Waals surface area (Å²) in [4.78, 5) is 11.8. The van der Waals surface area contributed by atoms with E-state index in [2.05, 4.69) is 15.5 Å². The van der Waals surface area contributed by atoms with E-state index < -0.39 is 0 Å². The van der Waals surface area contributed by atoms with Gasteiger partial charge in [0.1, 0.15) is 0 Å². The summed E-state index contributed by atoms with van der Waals surface area (Å²) in [7, 11) is 0. The van der Waals surface area contributed by atoms with E-state index in [1.807, 2.05) is 31.2 Å². The number of anilines is 1. The normalized spacial score (nSPS) is 10.1. The van der Waals surface area contributed by atoms with E-state index in [0.717, 1.165) is 11.1 Å². The van der Waals surface area contributed by atoms with Crippen LogP contribution in [0.4, 0.5) is 5.82 Å². The summed E-state index contributed by atoms with van der Waals surface area (Å²) in [6.45, 7) is 1.98. The minimum absolute atomic E-state index is 0.124. The van der Waals surface area contributed by atoms with Crippen LogP contribution in [0.2, 0.25) is 5.15 Å². The molecule has 92 valence electrons. The summed E-state index contributed by atoms with van der Waals surface area (Å²) in [5, 5.41) is 10.4. The van der Waals surface area contributed by atoms with Gasteiger partial charge in [-0.05, 0) is 30.2 Å². The molecule has 2 rings (SSSR count). The number of hydrogen-bond acceptors (Lipinski definition) is 3. The van der Waals surface area contributed by atoms with E-state index in [1.165, 1.54) is 0 Å². The molecule has 0 aliphatic rings. The molecule has 5 heteroatoms. The third-order valence-electron chi connectivity index (χ3n) is 2.51. The van der Waals surface area contributed by atoms with Gasteiger partial charge in [0.15, 0.2) is 11.0 Å². The Balaban J connectivity index is 2.01. The summed E-state index contributed by atoms with van der Waals surface area (Å²) >= 11 is 5.61. The monoisotopic (exact) mass is 261 g/mol. The highest BCUT2D eigenvalue weighted by molar-refractivity contribution is 6.29. The van der Waals surface area contributed by atoms with Gasteiger partial charge in [0, 0.05) is 0 Å². The second kappa shape index (κ2) is 5.60. The average Bonchev–Trinajstić information content (AvgIpc) is 2.35. The molecule has 0 fully saturated rings. The van der Waals surface area contributed by atoms with Crippen LogP contribution in [0.3, 0.4) is 0 Å². The molecule has 0 aliphatic heterocycles. The Bertz CT molecular complexity index is 554. The summed E-state index contributed by atoms with van der Waals surface area (Å²) < 4.78 is 0. The molecule has 2 aromatic rings. The zero-order chi connectivity index (χ0) is 13.0. The highest BCUT2D eigenvalue weighted by Gasteiger charge is 2.06. The highest BCUT2D eigenvalue weighted by Crippen LogP contribution is 2.10. The number of aryl methyl sites for hydroxylation is 1. The maximum Gasteiger partial charge on any atom is 0.230 e. The van der Waals surface area contributed by atoms with Crippen LogP contribution in [0, 0.1) is 6.92 Å². The maximum absolute atomic E-state index is 11.8. The SMILES string of the molecule is Cc1ccccc1CC(=O)Nc1ccc(Cl)nn1. The van der Waals surface area contributed by atoms with Gasteiger partial charge in [0.2, 0.25) is 5.91 Å². The van der Waals surface area contributed by atoms with Crippen molar-refractivity contribution in [2.45, 2.75) is 13.3 Å². The molecule has 0 bridgehead atoms. The van der Waals surface area contributed by atoms with Crippen LogP contribution in [0.25, 0.3) is 0 Å². The standard InChI is InChI=1S/C13H12ClN3O/c1-9-4-2-3-5-10(9)8-13(18)15-12-7-6-11(14)16-17-12/h2-7H,8H2,1H3,(H,15,17,18). The molecule has 0 radical (unpaired) electrons. The fourth-order valence-electron chi connectivity index (χ4n) is 1.55. The predicted molar refractivity (Wildman–Crippen MR) is 70.6 cm³/mol. The smallest absolute Gasteiger partial charge is 0.230 e. The van der Waals surface area contributed by atoms with Crippen molar-refractivity contribution in [2.75, 3.05) is 5.32 Å². The molecule has 0 atom stereocenters. The molecule has 0 saturated heterocycles. The average molecular weight is 262 g/mol. The number of amides is 1. The molecule has 1 heterocycles. The second-order valence-corrected chi connectivity index (χ2v) is 4.28. The highest BCUT2D eigenvalue weighted by atomic mass is 35.5. The van der Waals surface area contributed by atoms with Gasteiger partial charge in [-0.2, -0.15) is 0 Å². The lowest BCUT2D eigenvalue weighted by atomic mass is 10.1. The number of hydrogen-bond donors (Lipinski definition) is 1. The number of carbonyl (C=O) groups is 1. The first-order valence-corrected chi connectivity index (χ1v) is 5.86. The molecule has 1 aromatic carbocycles. The first-order chi connectivity index (χ1) is 8.65. The number of halogens is 1. The third-order valence-corrected chi connectivity index (χ3v) is 2.71. The lowest BCUT2D eigenvalue weighted by molar-refractivity contribution is -0.115. The first-order valence-electron chi connectivity index (χ1n) is 5.49. The molecule has 1 N–H and O–H groups in total. The Hall–Kier alpha value is -1.94. The number of carbonyl (C=O) groups excluding carboxylic acids is 1. The van der Waals surface area contributed by atoms with E-state index >= 15 is 0 Å². The Labute approximate surface area is 110 Å². The van der Waals surface area contributed by atoms with E-state index in [-0.39, 0.29) is 5.91 Å². The van der Waals surface area contributed by atoms with Crippen LogP contribution in [-0.2, 0) is 11.2 Å². The lowest BCUT2D eigenvalue weighted by Crippen LogP contribution is -2.16. The van der Waals surface area contributed by atoms with Crippen molar-refractivity contribution >= 4 is 23.3 Å². The van der Waals surface area contributed by atoms with Gasteiger partial charge in [-0.15, -0.1) is 10.2 Å². The van der Waals surface area contributed by atoms with Crippen LogP contribution in [0.5, 0.6) is 0 Å².